The molecule has 0 amide bonds. The molecule has 0 saturated carbocycles. The van der Waals surface area contributed by atoms with E-state index in [0.717, 1.165) is 5.82 Å². The average molecular weight is 345 g/mol. The number of benzene rings is 1. The second-order valence-electron chi connectivity index (χ2n) is 5.90. The molecule has 24 heavy (non-hydrogen) atoms. The van der Waals surface area contributed by atoms with E-state index in [-0.39, 0.29) is 11.8 Å². The highest BCUT2D eigenvalue weighted by molar-refractivity contribution is 7.88. The van der Waals surface area contributed by atoms with E-state index in [1.165, 1.54) is 4.31 Å². The first-order chi connectivity index (χ1) is 11.5. The highest BCUT2D eigenvalue weighted by Gasteiger charge is 2.33. The lowest BCUT2D eigenvalue weighted by atomic mass is 10.2. The Hall–Kier alpha value is -2.21. The Morgan fingerprint density at radius 1 is 1.42 bits per heavy atom. The second kappa shape index (κ2) is 6.73. The van der Waals surface area contributed by atoms with Gasteiger partial charge in [0.1, 0.15) is 5.82 Å². The molecule has 1 N–H and O–H groups in total. The van der Waals surface area contributed by atoms with Gasteiger partial charge in [0.2, 0.25) is 10.0 Å². The van der Waals surface area contributed by atoms with Crippen molar-refractivity contribution in [1.29, 1.82) is 5.26 Å². The van der Waals surface area contributed by atoms with E-state index in [1.807, 2.05) is 13.1 Å². The first kappa shape index (κ1) is 16.6. The normalized spacial score (nSPS) is 19.9. The topological polar surface area (TPSA) is 93.1 Å². The fraction of sp³-hybridized carbons (Fsp3) is 0.375. The highest BCUT2D eigenvalue weighted by atomic mass is 32.2. The molecular weight excluding hydrogens is 326 g/mol. The van der Waals surface area contributed by atoms with Crippen molar-refractivity contribution in [3.05, 3.63) is 53.6 Å². The second-order valence-corrected chi connectivity index (χ2v) is 7.87. The highest BCUT2D eigenvalue weighted by Crippen LogP contribution is 2.24. The zero-order valence-electron chi connectivity index (χ0n) is 13.4. The average Bonchev–Trinajstić information content (AvgIpc) is 3.09. The van der Waals surface area contributed by atoms with E-state index >= 15 is 0 Å². The molecule has 1 atom stereocenters. The Bertz CT molecular complexity index is 842. The van der Waals surface area contributed by atoms with E-state index in [2.05, 4.69) is 14.9 Å². The van der Waals surface area contributed by atoms with Crippen LogP contribution in [0.1, 0.15) is 23.0 Å². The number of imidazole rings is 1. The summed E-state index contributed by atoms with van der Waals surface area (Å²) in [6.07, 6.45) is 3.41. The van der Waals surface area contributed by atoms with Crippen molar-refractivity contribution < 1.29 is 8.42 Å². The number of nitrogens with zero attached hydrogens (tertiary/aromatic N) is 4. The maximum atomic E-state index is 12.8. The number of likely N-dealkylation sites (N-methyl/N-ethyl adjacent to an activating group) is 1. The minimum atomic E-state index is -3.45. The summed E-state index contributed by atoms with van der Waals surface area (Å²) in [5, 5.41) is 8.95. The van der Waals surface area contributed by atoms with Crippen molar-refractivity contribution >= 4 is 10.0 Å². The molecule has 0 unspecified atom stereocenters. The van der Waals surface area contributed by atoms with Crippen LogP contribution in [0, 0.1) is 11.3 Å². The van der Waals surface area contributed by atoms with Gasteiger partial charge in [0, 0.05) is 32.0 Å². The zero-order chi connectivity index (χ0) is 17.2. The van der Waals surface area contributed by atoms with Gasteiger partial charge in [-0.15, -0.1) is 0 Å². The first-order valence-electron chi connectivity index (χ1n) is 7.66. The number of nitrogens with one attached hydrogen (secondary N) is 1. The van der Waals surface area contributed by atoms with Crippen LogP contribution in [0.15, 0.2) is 36.7 Å². The van der Waals surface area contributed by atoms with Crippen LogP contribution in [-0.2, 0) is 15.8 Å². The van der Waals surface area contributed by atoms with Crippen LogP contribution in [0.2, 0.25) is 0 Å². The molecular formula is C16H19N5O2S. The van der Waals surface area contributed by atoms with Crippen LogP contribution in [0.3, 0.4) is 0 Å². The summed E-state index contributed by atoms with van der Waals surface area (Å²) in [6, 6.07) is 8.68. The lowest BCUT2D eigenvalue weighted by molar-refractivity contribution is 0.142. The van der Waals surface area contributed by atoms with E-state index in [4.69, 9.17) is 5.26 Å². The lowest BCUT2D eigenvalue weighted by Gasteiger charge is -2.37. The van der Waals surface area contributed by atoms with Crippen molar-refractivity contribution in [1.82, 2.24) is 19.2 Å². The molecule has 0 bridgehead atoms. The number of sulfonamides is 1. The van der Waals surface area contributed by atoms with Gasteiger partial charge < -0.3 is 4.98 Å². The van der Waals surface area contributed by atoms with Crippen molar-refractivity contribution in [2.24, 2.45) is 0 Å². The van der Waals surface area contributed by atoms with E-state index < -0.39 is 10.0 Å². The summed E-state index contributed by atoms with van der Waals surface area (Å²) in [5.41, 5.74) is 1.09. The minimum absolute atomic E-state index is 0.0889. The van der Waals surface area contributed by atoms with Gasteiger partial charge in [-0.2, -0.15) is 9.57 Å². The summed E-state index contributed by atoms with van der Waals surface area (Å²) < 4.78 is 27.1. The Kier molecular flexibility index (Phi) is 4.66. The van der Waals surface area contributed by atoms with Crippen molar-refractivity contribution in [3.8, 4) is 6.07 Å². The van der Waals surface area contributed by atoms with E-state index in [1.54, 1.807) is 36.7 Å². The van der Waals surface area contributed by atoms with Crippen molar-refractivity contribution in [2.45, 2.75) is 11.8 Å². The molecule has 0 radical (unpaired) electrons. The molecule has 7 nitrogen and oxygen atoms in total. The number of rotatable bonds is 4. The molecule has 1 aliphatic heterocycles. The van der Waals surface area contributed by atoms with E-state index in [0.29, 0.717) is 30.8 Å². The Balaban J connectivity index is 1.78. The molecule has 1 saturated heterocycles. The maximum Gasteiger partial charge on any atom is 0.218 e. The van der Waals surface area contributed by atoms with Crippen LogP contribution >= 0.6 is 0 Å². The molecule has 126 valence electrons. The summed E-state index contributed by atoms with van der Waals surface area (Å²) >= 11 is 0. The number of H-pyrrole nitrogens is 1. The van der Waals surface area contributed by atoms with Gasteiger partial charge in [0.05, 0.1) is 23.4 Å². The fourth-order valence-electron chi connectivity index (χ4n) is 2.89. The quantitative estimate of drug-likeness (QED) is 0.896. The number of piperazine rings is 1. The third-order valence-electron chi connectivity index (χ3n) is 4.24. The van der Waals surface area contributed by atoms with Crippen LogP contribution < -0.4 is 0 Å². The Labute approximate surface area is 141 Å². The summed E-state index contributed by atoms with van der Waals surface area (Å²) in [7, 11) is -1.49. The van der Waals surface area contributed by atoms with Crippen molar-refractivity contribution in [3.63, 3.8) is 0 Å². The summed E-state index contributed by atoms with van der Waals surface area (Å²) in [5.74, 6) is 0.667. The van der Waals surface area contributed by atoms with Gasteiger partial charge in [0.25, 0.3) is 0 Å². The Morgan fingerprint density at radius 2 is 2.25 bits per heavy atom. The van der Waals surface area contributed by atoms with Crippen LogP contribution in [0.4, 0.5) is 0 Å². The number of aromatic nitrogens is 2. The molecule has 0 spiro atoms. The van der Waals surface area contributed by atoms with Crippen LogP contribution in [0.5, 0.6) is 0 Å². The standard InChI is InChI=1S/C16H19N5O2S/c1-20-7-8-21(11-15(20)16-18-5-6-19-16)24(22,23)12-14-4-2-3-13(9-14)10-17/h2-6,9,15H,7-8,11-12H2,1H3,(H,18,19)/t15-/m0/s1. The minimum Gasteiger partial charge on any atom is -0.347 e. The van der Waals surface area contributed by atoms with Crippen LogP contribution in [0.25, 0.3) is 0 Å². The van der Waals surface area contributed by atoms with Gasteiger partial charge in [-0.3, -0.25) is 4.90 Å². The van der Waals surface area contributed by atoms with Gasteiger partial charge in [-0.25, -0.2) is 13.4 Å². The first-order valence-corrected chi connectivity index (χ1v) is 9.27. The predicted octanol–water partition coefficient (Wildman–Crippen LogP) is 1.10. The van der Waals surface area contributed by atoms with Gasteiger partial charge in [0.15, 0.2) is 0 Å². The zero-order valence-corrected chi connectivity index (χ0v) is 14.2. The number of hydrogen-bond acceptors (Lipinski definition) is 5. The summed E-state index contributed by atoms with van der Waals surface area (Å²) in [4.78, 5) is 9.42. The molecule has 1 aliphatic rings. The molecule has 8 heteroatoms. The largest absolute Gasteiger partial charge is 0.347 e. The molecule has 3 rings (SSSR count). The molecule has 0 aliphatic carbocycles. The molecule has 2 heterocycles. The van der Waals surface area contributed by atoms with Gasteiger partial charge in [-0.05, 0) is 24.7 Å². The monoisotopic (exact) mass is 345 g/mol. The maximum absolute atomic E-state index is 12.8. The molecule has 1 aromatic carbocycles. The smallest absolute Gasteiger partial charge is 0.218 e. The molecule has 2 aromatic rings. The van der Waals surface area contributed by atoms with Crippen LogP contribution in [-0.4, -0.2) is 54.3 Å². The predicted molar refractivity (Wildman–Crippen MR) is 89.3 cm³/mol. The van der Waals surface area contributed by atoms with E-state index in [9.17, 15) is 8.42 Å². The third-order valence-corrected chi connectivity index (χ3v) is 6.06. The number of hydrogen-bond donors (Lipinski definition) is 1. The molecule has 1 aromatic heterocycles. The lowest BCUT2D eigenvalue weighted by Crippen LogP contribution is -2.49. The number of aromatic amines is 1. The Morgan fingerprint density at radius 3 is 2.96 bits per heavy atom. The fourth-order valence-corrected chi connectivity index (χ4v) is 4.40. The van der Waals surface area contributed by atoms with Gasteiger partial charge >= 0.3 is 0 Å². The van der Waals surface area contributed by atoms with Crippen molar-refractivity contribution in [2.75, 3.05) is 26.7 Å². The third kappa shape index (κ3) is 3.48. The number of nitriles is 1. The summed E-state index contributed by atoms with van der Waals surface area (Å²) in [6.45, 7) is 1.46. The molecule has 1 fully saturated rings. The van der Waals surface area contributed by atoms with Gasteiger partial charge in [-0.1, -0.05) is 12.1 Å². The SMILES string of the molecule is CN1CCN(S(=O)(=O)Cc2cccc(C#N)c2)C[C@H]1c1ncc[nH]1.